The Morgan fingerprint density at radius 2 is 2.12 bits per heavy atom. The predicted octanol–water partition coefficient (Wildman–Crippen LogP) is 3.69. The number of aromatic nitrogens is 3. The standard InChI is InChI=1S/C24H23FN6O2/c1-33-22-10-14(24(32)31-7-6-17(26)13-31)2-4-19(22)29-23-12-27-11-21(30-23)20-9-15-8-16(25)3-5-18(15)28-20/h2-5,8-12,17,28H,6-7,13,26H2,1H3,(H,29,30)/t17-/m1/s1. The molecule has 2 aromatic carbocycles. The number of benzene rings is 2. The van der Waals surface area contributed by atoms with Crippen molar-refractivity contribution >= 4 is 28.3 Å². The van der Waals surface area contributed by atoms with E-state index in [0.717, 1.165) is 23.0 Å². The minimum atomic E-state index is -0.295. The first-order chi connectivity index (χ1) is 16.0. The van der Waals surface area contributed by atoms with E-state index >= 15 is 0 Å². The number of hydrogen-bond donors (Lipinski definition) is 3. The Bertz CT molecular complexity index is 1340. The summed E-state index contributed by atoms with van der Waals surface area (Å²) in [6, 6.07) is 11.7. The number of ether oxygens (including phenoxy) is 1. The zero-order chi connectivity index (χ0) is 22.9. The van der Waals surface area contributed by atoms with Crippen LogP contribution in [0.5, 0.6) is 5.75 Å². The molecule has 0 bridgehead atoms. The Kier molecular flexibility index (Phi) is 5.39. The summed E-state index contributed by atoms with van der Waals surface area (Å²) >= 11 is 0. The number of aromatic amines is 1. The van der Waals surface area contributed by atoms with Gasteiger partial charge in [0.1, 0.15) is 23.1 Å². The monoisotopic (exact) mass is 446 g/mol. The third-order valence-electron chi connectivity index (χ3n) is 5.72. The highest BCUT2D eigenvalue weighted by atomic mass is 19.1. The number of amides is 1. The Balaban J connectivity index is 1.39. The van der Waals surface area contributed by atoms with Gasteiger partial charge in [0.2, 0.25) is 0 Å². The first-order valence-corrected chi connectivity index (χ1v) is 10.6. The van der Waals surface area contributed by atoms with Crippen LogP contribution in [0.4, 0.5) is 15.9 Å². The summed E-state index contributed by atoms with van der Waals surface area (Å²) in [6.07, 6.45) is 4.03. The normalized spacial score (nSPS) is 15.7. The van der Waals surface area contributed by atoms with Gasteiger partial charge in [0.05, 0.1) is 30.9 Å². The molecule has 0 spiro atoms. The molecular formula is C24H23FN6O2. The lowest BCUT2D eigenvalue weighted by molar-refractivity contribution is 0.0790. The zero-order valence-corrected chi connectivity index (χ0v) is 18.0. The first kappa shape index (κ1) is 20.9. The molecule has 4 aromatic rings. The fraction of sp³-hybridized carbons (Fsp3) is 0.208. The summed E-state index contributed by atoms with van der Waals surface area (Å²) in [5.74, 6) is 0.652. The Morgan fingerprint density at radius 3 is 2.91 bits per heavy atom. The van der Waals surface area contributed by atoms with E-state index in [9.17, 15) is 9.18 Å². The van der Waals surface area contributed by atoms with Gasteiger partial charge in [-0.15, -0.1) is 0 Å². The molecule has 5 rings (SSSR count). The number of hydrogen-bond acceptors (Lipinski definition) is 6. The minimum Gasteiger partial charge on any atom is -0.495 e. The van der Waals surface area contributed by atoms with Crippen LogP contribution in [0.2, 0.25) is 0 Å². The maximum atomic E-state index is 13.5. The molecule has 1 atom stereocenters. The van der Waals surface area contributed by atoms with E-state index in [1.807, 2.05) is 6.07 Å². The highest BCUT2D eigenvalue weighted by Crippen LogP contribution is 2.30. The molecule has 9 heteroatoms. The van der Waals surface area contributed by atoms with Crippen molar-refractivity contribution in [2.24, 2.45) is 5.73 Å². The molecule has 0 aliphatic carbocycles. The van der Waals surface area contributed by atoms with Crippen molar-refractivity contribution < 1.29 is 13.9 Å². The fourth-order valence-corrected chi connectivity index (χ4v) is 4.02. The number of anilines is 2. The van der Waals surface area contributed by atoms with Crippen molar-refractivity contribution in [1.82, 2.24) is 19.9 Å². The zero-order valence-electron chi connectivity index (χ0n) is 18.0. The van der Waals surface area contributed by atoms with Crippen molar-refractivity contribution in [2.45, 2.75) is 12.5 Å². The van der Waals surface area contributed by atoms with Crippen LogP contribution in [0.3, 0.4) is 0 Å². The van der Waals surface area contributed by atoms with E-state index in [1.54, 1.807) is 48.7 Å². The van der Waals surface area contributed by atoms with Crippen LogP contribution >= 0.6 is 0 Å². The van der Waals surface area contributed by atoms with E-state index in [2.05, 4.69) is 20.3 Å². The number of methoxy groups -OCH3 is 1. The number of carbonyl (C=O) groups is 1. The lowest BCUT2D eigenvalue weighted by Crippen LogP contribution is -2.31. The summed E-state index contributed by atoms with van der Waals surface area (Å²) in [6.45, 7) is 1.22. The number of carbonyl (C=O) groups excluding carboxylic acids is 1. The van der Waals surface area contributed by atoms with E-state index in [4.69, 9.17) is 10.5 Å². The number of fused-ring (bicyclic) bond motifs is 1. The van der Waals surface area contributed by atoms with Gasteiger partial charge >= 0.3 is 0 Å². The SMILES string of the molecule is COc1cc(C(=O)N2CC[C@@H](N)C2)ccc1Nc1cncc(-c2cc3cc(F)ccc3[nH]2)n1. The van der Waals surface area contributed by atoms with Crippen LogP contribution in [0.1, 0.15) is 16.8 Å². The second-order valence-electron chi connectivity index (χ2n) is 8.04. The summed E-state index contributed by atoms with van der Waals surface area (Å²) in [4.78, 5) is 26.6. The average Bonchev–Trinajstić information content (AvgIpc) is 3.45. The van der Waals surface area contributed by atoms with Gasteiger partial charge in [-0.1, -0.05) is 0 Å². The van der Waals surface area contributed by atoms with Gasteiger partial charge < -0.3 is 25.7 Å². The highest BCUT2D eigenvalue weighted by molar-refractivity contribution is 5.95. The number of nitrogens with one attached hydrogen (secondary N) is 2. The smallest absolute Gasteiger partial charge is 0.254 e. The Labute approximate surface area is 189 Å². The molecule has 1 aliphatic heterocycles. The van der Waals surface area contributed by atoms with Crippen molar-refractivity contribution in [3.8, 4) is 17.1 Å². The molecule has 1 amide bonds. The van der Waals surface area contributed by atoms with E-state index < -0.39 is 0 Å². The van der Waals surface area contributed by atoms with E-state index in [-0.39, 0.29) is 17.8 Å². The molecular weight excluding hydrogens is 423 g/mol. The molecule has 0 saturated carbocycles. The van der Waals surface area contributed by atoms with Gasteiger partial charge in [0.25, 0.3) is 5.91 Å². The van der Waals surface area contributed by atoms with Crippen LogP contribution in [-0.2, 0) is 0 Å². The summed E-state index contributed by atoms with van der Waals surface area (Å²) in [7, 11) is 1.55. The van der Waals surface area contributed by atoms with E-state index in [1.165, 1.54) is 12.1 Å². The number of nitrogens with zero attached hydrogens (tertiary/aromatic N) is 3. The van der Waals surface area contributed by atoms with Crippen LogP contribution in [0, 0.1) is 5.82 Å². The van der Waals surface area contributed by atoms with Crippen molar-refractivity contribution in [2.75, 3.05) is 25.5 Å². The molecule has 33 heavy (non-hydrogen) atoms. The molecule has 0 radical (unpaired) electrons. The molecule has 1 saturated heterocycles. The van der Waals surface area contributed by atoms with Crippen LogP contribution in [0.15, 0.2) is 54.9 Å². The number of rotatable bonds is 5. The molecule has 0 unspecified atom stereocenters. The third-order valence-corrected chi connectivity index (χ3v) is 5.72. The minimum absolute atomic E-state index is 0.0268. The first-order valence-electron chi connectivity index (χ1n) is 10.6. The maximum Gasteiger partial charge on any atom is 0.254 e. The van der Waals surface area contributed by atoms with Crippen LogP contribution in [-0.4, -0.2) is 52.0 Å². The Morgan fingerprint density at radius 1 is 1.24 bits per heavy atom. The van der Waals surface area contributed by atoms with Crippen molar-refractivity contribution in [1.29, 1.82) is 0 Å². The number of nitrogens with two attached hydrogens (primary N) is 1. The molecule has 3 heterocycles. The van der Waals surface area contributed by atoms with Gasteiger partial charge in [-0.2, -0.15) is 0 Å². The van der Waals surface area contributed by atoms with Gasteiger partial charge in [-0.25, -0.2) is 9.37 Å². The molecule has 8 nitrogen and oxygen atoms in total. The summed E-state index contributed by atoms with van der Waals surface area (Å²) in [5.41, 5.74) is 9.26. The van der Waals surface area contributed by atoms with Gasteiger partial charge in [0, 0.05) is 35.6 Å². The molecule has 1 aliphatic rings. The van der Waals surface area contributed by atoms with Crippen LogP contribution in [0.25, 0.3) is 22.3 Å². The second-order valence-corrected chi connectivity index (χ2v) is 8.04. The second kappa shape index (κ2) is 8.51. The topological polar surface area (TPSA) is 109 Å². The van der Waals surface area contributed by atoms with Gasteiger partial charge in [-0.3, -0.25) is 9.78 Å². The Hall–Kier alpha value is -3.98. The van der Waals surface area contributed by atoms with Gasteiger partial charge in [0.15, 0.2) is 0 Å². The molecule has 2 aromatic heterocycles. The fourth-order valence-electron chi connectivity index (χ4n) is 4.02. The maximum absolute atomic E-state index is 13.5. The predicted molar refractivity (Wildman–Crippen MR) is 124 cm³/mol. The van der Waals surface area contributed by atoms with E-state index in [0.29, 0.717) is 41.6 Å². The third kappa shape index (κ3) is 4.22. The molecule has 168 valence electrons. The summed E-state index contributed by atoms with van der Waals surface area (Å²) in [5, 5.41) is 3.96. The van der Waals surface area contributed by atoms with Crippen molar-refractivity contribution in [3.05, 3.63) is 66.2 Å². The lowest BCUT2D eigenvalue weighted by atomic mass is 10.1. The van der Waals surface area contributed by atoms with Gasteiger partial charge in [-0.05, 0) is 48.9 Å². The quantitative estimate of drug-likeness (QED) is 0.431. The van der Waals surface area contributed by atoms with Crippen LogP contribution < -0.4 is 15.8 Å². The highest BCUT2D eigenvalue weighted by Gasteiger charge is 2.25. The van der Waals surface area contributed by atoms with Crippen molar-refractivity contribution in [3.63, 3.8) is 0 Å². The summed E-state index contributed by atoms with van der Waals surface area (Å²) < 4.78 is 19.0. The number of H-pyrrole nitrogens is 1. The molecule has 4 N–H and O–H groups in total. The average molecular weight is 446 g/mol. The molecule has 1 fully saturated rings. The lowest BCUT2D eigenvalue weighted by Gasteiger charge is -2.17. The largest absolute Gasteiger partial charge is 0.495 e. The number of halogens is 1. The number of likely N-dealkylation sites (tertiary alicyclic amines) is 1.